The lowest BCUT2D eigenvalue weighted by Gasteiger charge is -2.08. The van der Waals surface area contributed by atoms with Crippen LogP contribution in [-0.2, 0) is 0 Å². The molecule has 3 nitrogen and oxygen atoms in total. The topological polar surface area (TPSA) is 48.7 Å². The van der Waals surface area contributed by atoms with E-state index in [1.807, 2.05) is 6.07 Å². The van der Waals surface area contributed by atoms with Crippen molar-refractivity contribution in [2.45, 2.75) is 0 Å². The van der Waals surface area contributed by atoms with E-state index >= 15 is 0 Å². The summed E-state index contributed by atoms with van der Waals surface area (Å²) in [6.07, 6.45) is 0. The van der Waals surface area contributed by atoms with Crippen molar-refractivity contribution in [1.29, 1.82) is 5.26 Å². The van der Waals surface area contributed by atoms with Gasteiger partial charge in [-0.1, -0.05) is 11.6 Å². The first-order chi connectivity index (χ1) is 8.99. The summed E-state index contributed by atoms with van der Waals surface area (Å²) in [5.74, 6) is -3.28. The zero-order chi connectivity index (χ0) is 14.0. The van der Waals surface area contributed by atoms with Crippen LogP contribution in [0, 0.1) is 28.8 Å². The number of pyridine rings is 1. The lowest BCUT2D eigenvalue weighted by molar-refractivity contribution is 0.549. The molecule has 0 aliphatic heterocycles. The van der Waals surface area contributed by atoms with Crippen LogP contribution in [0.1, 0.15) is 5.56 Å². The first kappa shape index (κ1) is 13.2. The Labute approximate surface area is 111 Å². The molecule has 2 aromatic rings. The third-order valence-corrected chi connectivity index (χ3v) is 2.38. The highest BCUT2D eigenvalue weighted by Crippen LogP contribution is 2.24. The fourth-order valence-corrected chi connectivity index (χ4v) is 1.62. The van der Waals surface area contributed by atoms with Crippen molar-refractivity contribution in [2.24, 2.45) is 0 Å². The highest BCUT2D eigenvalue weighted by Gasteiger charge is 2.12. The molecule has 1 heterocycles. The lowest BCUT2D eigenvalue weighted by atomic mass is 10.2. The molecule has 7 heteroatoms. The second-order valence-corrected chi connectivity index (χ2v) is 3.93. The molecular weight excluding hydrogens is 279 g/mol. The van der Waals surface area contributed by atoms with Gasteiger partial charge in [0, 0.05) is 12.1 Å². The molecule has 0 radical (unpaired) electrons. The van der Waals surface area contributed by atoms with Gasteiger partial charge in [0.2, 0.25) is 0 Å². The lowest BCUT2D eigenvalue weighted by Crippen LogP contribution is -2.01. The molecule has 19 heavy (non-hydrogen) atoms. The summed E-state index contributed by atoms with van der Waals surface area (Å²) in [6.45, 7) is 0. The number of benzene rings is 1. The van der Waals surface area contributed by atoms with E-state index in [1.54, 1.807) is 0 Å². The Morgan fingerprint density at radius 3 is 2.32 bits per heavy atom. The van der Waals surface area contributed by atoms with Crippen LogP contribution in [0.5, 0.6) is 0 Å². The summed E-state index contributed by atoms with van der Waals surface area (Å²) < 4.78 is 39.6. The molecule has 0 bridgehead atoms. The Kier molecular flexibility index (Phi) is 3.58. The molecule has 96 valence electrons. The van der Waals surface area contributed by atoms with Gasteiger partial charge in [-0.25, -0.2) is 18.2 Å². The Hall–Kier alpha value is -2.26. The molecule has 0 amide bonds. The summed E-state index contributed by atoms with van der Waals surface area (Å²) in [4.78, 5) is 3.76. The number of hydrogen-bond acceptors (Lipinski definition) is 3. The van der Waals surface area contributed by atoms with Gasteiger partial charge >= 0.3 is 0 Å². The first-order valence-corrected chi connectivity index (χ1v) is 5.36. The summed E-state index contributed by atoms with van der Waals surface area (Å²) in [5.41, 5.74) is -0.398. The third kappa shape index (κ3) is 2.95. The molecule has 0 fully saturated rings. The van der Waals surface area contributed by atoms with Crippen LogP contribution in [-0.4, -0.2) is 4.98 Å². The first-order valence-electron chi connectivity index (χ1n) is 4.99. The van der Waals surface area contributed by atoms with Gasteiger partial charge in [0.25, 0.3) is 0 Å². The second-order valence-electron chi connectivity index (χ2n) is 3.55. The minimum Gasteiger partial charge on any atom is -0.335 e. The van der Waals surface area contributed by atoms with E-state index in [-0.39, 0.29) is 16.5 Å². The summed E-state index contributed by atoms with van der Waals surface area (Å²) in [6, 6.07) is 5.43. The van der Waals surface area contributed by atoms with Gasteiger partial charge in [-0.15, -0.1) is 0 Å². The number of nitrogens with one attached hydrogen (secondary N) is 1. The molecule has 0 unspecified atom stereocenters. The number of hydrogen-bond donors (Lipinski definition) is 1. The van der Waals surface area contributed by atoms with E-state index in [9.17, 15) is 13.2 Å². The molecular formula is C12H5ClF3N3. The molecule has 0 saturated carbocycles. The van der Waals surface area contributed by atoms with Gasteiger partial charge in [0.1, 0.15) is 22.5 Å². The van der Waals surface area contributed by atoms with Crippen LogP contribution in [0.15, 0.2) is 24.3 Å². The van der Waals surface area contributed by atoms with Gasteiger partial charge in [-0.05, 0) is 12.1 Å². The van der Waals surface area contributed by atoms with E-state index in [4.69, 9.17) is 16.9 Å². The van der Waals surface area contributed by atoms with Crippen LogP contribution < -0.4 is 5.32 Å². The third-order valence-electron chi connectivity index (χ3n) is 2.18. The zero-order valence-corrected chi connectivity index (χ0v) is 9.97. The van der Waals surface area contributed by atoms with Gasteiger partial charge in [-0.2, -0.15) is 5.26 Å². The Morgan fingerprint density at radius 2 is 1.74 bits per heavy atom. The predicted molar refractivity (Wildman–Crippen MR) is 63.6 cm³/mol. The fourth-order valence-electron chi connectivity index (χ4n) is 1.42. The molecule has 0 aliphatic rings. The van der Waals surface area contributed by atoms with Crippen molar-refractivity contribution in [3.63, 3.8) is 0 Å². The maximum absolute atomic E-state index is 13.4. The van der Waals surface area contributed by atoms with E-state index in [0.29, 0.717) is 12.1 Å². The van der Waals surface area contributed by atoms with Crippen molar-refractivity contribution in [3.05, 3.63) is 52.4 Å². The standard InChI is InChI=1S/C12H5ClF3N3/c13-10-1-6(5-17)2-11(18-10)19-12-8(15)3-7(14)4-9(12)16/h1-4H,(H,18,19). The number of nitrogens with zero attached hydrogens (tertiary/aromatic N) is 2. The minimum atomic E-state index is -1.11. The smallest absolute Gasteiger partial charge is 0.152 e. The van der Waals surface area contributed by atoms with E-state index in [1.165, 1.54) is 12.1 Å². The zero-order valence-electron chi connectivity index (χ0n) is 9.22. The average Bonchev–Trinajstić information content (AvgIpc) is 2.33. The van der Waals surface area contributed by atoms with Gasteiger partial charge < -0.3 is 5.32 Å². The summed E-state index contributed by atoms with van der Waals surface area (Å²) in [5, 5.41) is 11.0. The quantitative estimate of drug-likeness (QED) is 0.854. The second kappa shape index (κ2) is 5.16. The number of anilines is 2. The van der Waals surface area contributed by atoms with Gasteiger partial charge in [-0.3, -0.25) is 0 Å². The predicted octanol–water partition coefficient (Wildman–Crippen LogP) is 3.77. The SMILES string of the molecule is N#Cc1cc(Cl)nc(Nc2c(F)cc(F)cc2F)c1. The molecule has 1 aromatic carbocycles. The number of aromatic nitrogens is 1. The largest absolute Gasteiger partial charge is 0.335 e. The highest BCUT2D eigenvalue weighted by atomic mass is 35.5. The van der Waals surface area contributed by atoms with E-state index < -0.39 is 23.1 Å². The number of rotatable bonds is 2. The molecule has 1 aromatic heterocycles. The van der Waals surface area contributed by atoms with Crippen molar-refractivity contribution >= 4 is 23.1 Å². The van der Waals surface area contributed by atoms with E-state index in [0.717, 1.165) is 0 Å². The minimum absolute atomic E-state index is 0.00974. The van der Waals surface area contributed by atoms with Gasteiger partial charge in [0.05, 0.1) is 11.6 Å². The Morgan fingerprint density at radius 1 is 1.11 bits per heavy atom. The van der Waals surface area contributed by atoms with Crippen LogP contribution in [0.25, 0.3) is 0 Å². The normalized spacial score (nSPS) is 10.1. The average molecular weight is 284 g/mol. The maximum atomic E-state index is 13.4. The molecule has 1 N–H and O–H groups in total. The number of halogens is 4. The van der Waals surface area contributed by atoms with Crippen molar-refractivity contribution < 1.29 is 13.2 Å². The monoisotopic (exact) mass is 283 g/mol. The summed E-state index contributed by atoms with van der Waals surface area (Å²) >= 11 is 5.65. The highest BCUT2D eigenvalue weighted by molar-refractivity contribution is 6.29. The van der Waals surface area contributed by atoms with Crippen LogP contribution in [0.3, 0.4) is 0 Å². The molecule has 0 spiro atoms. The van der Waals surface area contributed by atoms with Crippen molar-refractivity contribution in [2.75, 3.05) is 5.32 Å². The maximum Gasteiger partial charge on any atom is 0.152 e. The van der Waals surface area contributed by atoms with Crippen LogP contribution in [0.2, 0.25) is 5.15 Å². The van der Waals surface area contributed by atoms with Crippen LogP contribution in [0.4, 0.5) is 24.7 Å². The van der Waals surface area contributed by atoms with E-state index in [2.05, 4.69) is 10.3 Å². The van der Waals surface area contributed by atoms with Gasteiger partial charge in [0.15, 0.2) is 11.6 Å². The van der Waals surface area contributed by atoms with Crippen LogP contribution >= 0.6 is 11.6 Å². The Bertz CT molecular complexity index is 659. The Balaban J connectivity index is 2.42. The molecule has 0 saturated heterocycles. The summed E-state index contributed by atoms with van der Waals surface area (Å²) in [7, 11) is 0. The van der Waals surface area contributed by atoms with Crippen molar-refractivity contribution in [3.8, 4) is 6.07 Å². The molecule has 0 atom stereocenters. The number of nitriles is 1. The molecule has 2 rings (SSSR count). The molecule has 0 aliphatic carbocycles. The fraction of sp³-hybridized carbons (Fsp3) is 0. The van der Waals surface area contributed by atoms with Crippen molar-refractivity contribution in [1.82, 2.24) is 4.98 Å².